The van der Waals surface area contributed by atoms with E-state index < -0.39 is 10.9 Å². The van der Waals surface area contributed by atoms with Crippen LogP contribution in [0.1, 0.15) is 15.9 Å². The Hall–Kier alpha value is -5.05. The fourth-order valence-corrected chi connectivity index (χ4v) is 3.21. The molecule has 0 heterocycles. The van der Waals surface area contributed by atoms with Crippen molar-refractivity contribution < 1.29 is 19.2 Å². The van der Waals surface area contributed by atoms with Gasteiger partial charge in [0.2, 0.25) is 0 Å². The topological polar surface area (TPSA) is 123 Å². The summed E-state index contributed by atoms with van der Waals surface area (Å²) >= 11 is 0. The maximum Gasteiger partial charge on any atom is 0.343 e. The van der Waals surface area contributed by atoms with E-state index >= 15 is 0 Å². The first-order chi connectivity index (χ1) is 17.0. The number of hydrazone groups is 1. The number of esters is 1. The zero-order chi connectivity index (χ0) is 24.6. The summed E-state index contributed by atoms with van der Waals surface area (Å²) < 4.78 is 5.27. The predicted octanol–water partition coefficient (Wildman–Crippen LogP) is 4.53. The lowest BCUT2D eigenvalue weighted by Crippen LogP contribution is -2.25. The third-order valence-electron chi connectivity index (χ3n) is 5.01. The van der Waals surface area contributed by atoms with Gasteiger partial charge in [0.05, 0.1) is 23.2 Å². The summed E-state index contributed by atoms with van der Waals surface area (Å²) in [4.78, 5) is 34.4. The molecule has 9 nitrogen and oxygen atoms in total. The number of nitrogens with zero attached hydrogens (tertiary/aromatic N) is 2. The van der Waals surface area contributed by atoms with Crippen LogP contribution in [-0.4, -0.2) is 29.6 Å². The number of nitro groups is 1. The smallest absolute Gasteiger partial charge is 0.343 e. The van der Waals surface area contributed by atoms with Gasteiger partial charge in [-0.15, -0.1) is 0 Å². The van der Waals surface area contributed by atoms with Gasteiger partial charge in [-0.05, 0) is 64.9 Å². The van der Waals surface area contributed by atoms with Crippen LogP contribution >= 0.6 is 0 Å². The van der Waals surface area contributed by atoms with E-state index in [1.807, 2.05) is 42.5 Å². The molecule has 0 radical (unpaired) electrons. The third kappa shape index (κ3) is 6.26. The van der Waals surface area contributed by atoms with E-state index in [1.165, 1.54) is 30.5 Å². The summed E-state index contributed by atoms with van der Waals surface area (Å²) in [7, 11) is 0. The number of non-ortho nitro benzene ring substituents is 1. The number of carbonyl (C=O) groups is 2. The highest BCUT2D eigenvalue weighted by Gasteiger charge is 2.11. The van der Waals surface area contributed by atoms with Crippen LogP contribution in [0.2, 0.25) is 0 Å². The quantitative estimate of drug-likeness (QED) is 0.129. The predicted molar refractivity (Wildman–Crippen MR) is 133 cm³/mol. The Balaban J connectivity index is 1.25. The monoisotopic (exact) mass is 468 g/mol. The number of benzene rings is 4. The summed E-state index contributed by atoms with van der Waals surface area (Å²) in [6.07, 6.45) is 1.47. The van der Waals surface area contributed by atoms with Crippen LogP contribution < -0.4 is 15.5 Å². The fraction of sp³-hybridized carbons (Fsp3) is 0.0385. The van der Waals surface area contributed by atoms with Gasteiger partial charge in [0.1, 0.15) is 5.75 Å². The van der Waals surface area contributed by atoms with Crippen molar-refractivity contribution in [3.05, 3.63) is 112 Å². The Morgan fingerprint density at radius 2 is 1.63 bits per heavy atom. The molecule has 0 saturated carbocycles. The summed E-state index contributed by atoms with van der Waals surface area (Å²) in [5.74, 6) is -0.635. The molecule has 174 valence electrons. The van der Waals surface area contributed by atoms with E-state index in [1.54, 1.807) is 24.3 Å². The van der Waals surface area contributed by atoms with Crippen LogP contribution in [0.15, 0.2) is 96.1 Å². The number of hydrogen-bond donors (Lipinski definition) is 2. The average molecular weight is 468 g/mol. The second-order valence-corrected chi connectivity index (χ2v) is 7.47. The molecule has 0 saturated heterocycles. The molecule has 0 spiro atoms. The molecule has 35 heavy (non-hydrogen) atoms. The zero-order valence-electron chi connectivity index (χ0n) is 18.4. The minimum atomic E-state index is -0.632. The molecule has 4 aromatic rings. The van der Waals surface area contributed by atoms with Gasteiger partial charge in [-0.1, -0.05) is 30.3 Å². The van der Waals surface area contributed by atoms with E-state index in [2.05, 4.69) is 15.8 Å². The summed E-state index contributed by atoms with van der Waals surface area (Å²) in [5, 5.41) is 19.9. The zero-order valence-corrected chi connectivity index (χ0v) is 18.4. The van der Waals surface area contributed by atoms with E-state index in [0.717, 1.165) is 16.5 Å². The van der Waals surface area contributed by atoms with E-state index in [0.29, 0.717) is 11.3 Å². The van der Waals surface area contributed by atoms with Gasteiger partial charge < -0.3 is 10.1 Å². The van der Waals surface area contributed by atoms with E-state index in [-0.39, 0.29) is 23.7 Å². The normalized spacial score (nSPS) is 10.7. The lowest BCUT2D eigenvalue weighted by Gasteiger charge is -2.07. The molecule has 0 fully saturated rings. The van der Waals surface area contributed by atoms with Gasteiger partial charge in [-0.25, -0.2) is 10.2 Å². The van der Waals surface area contributed by atoms with Crippen LogP contribution in [0.25, 0.3) is 10.8 Å². The molecule has 0 bridgehead atoms. The molecule has 0 unspecified atom stereocenters. The highest BCUT2D eigenvalue weighted by molar-refractivity contribution is 5.91. The molecular formula is C26H20N4O5. The number of nitro benzene ring substituents is 1. The van der Waals surface area contributed by atoms with Crippen LogP contribution in [0, 0.1) is 10.1 Å². The van der Waals surface area contributed by atoms with Crippen molar-refractivity contribution >= 4 is 40.2 Å². The lowest BCUT2D eigenvalue weighted by molar-refractivity contribution is -0.384. The standard InChI is InChI=1S/C26H20N4O5/c31-25(17-27-22-10-7-19-3-1-2-4-21(19)15-22)29-28-16-18-5-13-24(14-6-18)35-26(32)20-8-11-23(12-9-20)30(33)34/h1-16,27H,17H2,(H,29,31)/b28-16+. The van der Waals surface area contributed by atoms with Crippen molar-refractivity contribution in [1.82, 2.24) is 5.43 Å². The highest BCUT2D eigenvalue weighted by atomic mass is 16.6. The number of nitrogens with one attached hydrogen (secondary N) is 2. The lowest BCUT2D eigenvalue weighted by atomic mass is 10.1. The molecule has 1 amide bonds. The molecule has 0 aliphatic rings. The molecule has 2 N–H and O–H groups in total. The molecule has 4 rings (SSSR count). The maximum absolute atomic E-state index is 12.2. The van der Waals surface area contributed by atoms with Crippen molar-refractivity contribution in [1.29, 1.82) is 0 Å². The minimum Gasteiger partial charge on any atom is -0.423 e. The molecule has 0 aromatic heterocycles. The number of anilines is 1. The number of fused-ring (bicyclic) bond motifs is 1. The van der Waals surface area contributed by atoms with E-state index in [4.69, 9.17) is 4.74 Å². The van der Waals surface area contributed by atoms with Crippen molar-refractivity contribution in [2.24, 2.45) is 5.10 Å². The Morgan fingerprint density at radius 1 is 0.914 bits per heavy atom. The maximum atomic E-state index is 12.2. The molecule has 4 aromatic carbocycles. The fourth-order valence-electron chi connectivity index (χ4n) is 3.21. The van der Waals surface area contributed by atoms with Crippen LogP contribution in [0.3, 0.4) is 0 Å². The van der Waals surface area contributed by atoms with Gasteiger partial charge in [0.15, 0.2) is 0 Å². The second kappa shape index (κ2) is 10.7. The highest BCUT2D eigenvalue weighted by Crippen LogP contribution is 2.19. The number of ether oxygens (including phenoxy) is 1. The van der Waals surface area contributed by atoms with Gasteiger partial charge in [-0.2, -0.15) is 5.10 Å². The van der Waals surface area contributed by atoms with Crippen molar-refractivity contribution in [3.63, 3.8) is 0 Å². The van der Waals surface area contributed by atoms with Crippen molar-refractivity contribution in [2.45, 2.75) is 0 Å². The third-order valence-corrected chi connectivity index (χ3v) is 5.01. The Kier molecular flexibility index (Phi) is 7.08. The van der Waals surface area contributed by atoms with Crippen LogP contribution in [-0.2, 0) is 4.79 Å². The molecule has 0 aliphatic carbocycles. The Labute approximate surface area is 200 Å². The van der Waals surface area contributed by atoms with Gasteiger partial charge in [-0.3, -0.25) is 14.9 Å². The van der Waals surface area contributed by atoms with E-state index in [9.17, 15) is 19.7 Å². The number of rotatable bonds is 8. The first kappa shape index (κ1) is 23.1. The van der Waals surface area contributed by atoms with Gasteiger partial charge in [0, 0.05) is 17.8 Å². The average Bonchev–Trinajstić information content (AvgIpc) is 2.88. The van der Waals surface area contributed by atoms with Crippen LogP contribution in [0.5, 0.6) is 5.75 Å². The largest absolute Gasteiger partial charge is 0.423 e. The number of carbonyl (C=O) groups excluding carboxylic acids is 2. The summed E-state index contributed by atoms with van der Waals surface area (Å²) in [5.41, 5.74) is 4.06. The second-order valence-electron chi connectivity index (χ2n) is 7.47. The van der Waals surface area contributed by atoms with Crippen LogP contribution in [0.4, 0.5) is 11.4 Å². The first-order valence-electron chi connectivity index (χ1n) is 10.6. The first-order valence-corrected chi connectivity index (χ1v) is 10.6. The SMILES string of the molecule is O=C(CNc1ccc2ccccc2c1)N/N=C/c1ccc(OC(=O)c2ccc([N+](=O)[O-])cc2)cc1. The molecule has 9 heteroatoms. The molecular weight excluding hydrogens is 448 g/mol. The Bertz CT molecular complexity index is 1400. The van der Waals surface area contributed by atoms with Crippen molar-refractivity contribution in [3.8, 4) is 5.75 Å². The summed E-state index contributed by atoms with van der Waals surface area (Å²) in [6, 6.07) is 25.5. The van der Waals surface area contributed by atoms with Gasteiger partial charge >= 0.3 is 5.97 Å². The molecule has 0 aliphatic heterocycles. The summed E-state index contributed by atoms with van der Waals surface area (Å²) in [6.45, 7) is 0.0627. The molecule has 0 atom stereocenters. The number of hydrogen-bond acceptors (Lipinski definition) is 7. The number of amides is 1. The van der Waals surface area contributed by atoms with Gasteiger partial charge in [0.25, 0.3) is 11.6 Å². The Morgan fingerprint density at radius 3 is 2.34 bits per heavy atom. The minimum absolute atomic E-state index is 0.0627. The van der Waals surface area contributed by atoms with Crippen molar-refractivity contribution in [2.75, 3.05) is 11.9 Å².